The van der Waals surface area contributed by atoms with E-state index in [1.54, 1.807) is 6.07 Å². The molecule has 0 fully saturated rings. The summed E-state index contributed by atoms with van der Waals surface area (Å²) in [6.07, 6.45) is -4.47. The van der Waals surface area contributed by atoms with Gasteiger partial charge in [-0.25, -0.2) is 8.42 Å². The van der Waals surface area contributed by atoms with Crippen LogP contribution < -0.4 is 9.72 Å². The van der Waals surface area contributed by atoms with E-state index in [0.29, 0.717) is 0 Å². The van der Waals surface area contributed by atoms with Gasteiger partial charge in [0, 0.05) is 0 Å². The minimum absolute atomic E-state index is 0.00694. The molecule has 0 atom stereocenters. The van der Waals surface area contributed by atoms with Gasteiger partial charge in [-0.3, -0.25) is 0 Å². The summed E-state index contributed by atoms with van der Waals surface area (Å²) in [6.45, 7) is 1.39. The molecule has 0 aliphatic carbocycles. The molecule has 2 rings (SSSR count). The molecule has 1 N–H and O–H groups in total. The van der Waals surface area contributed by atoms with Gasteiger partial charge in [0.25, 0.3) is 10.0 Å². The standard InChI is InChI=1S/C14H12F3NO3S/c1-10-9-11(14(15,16)17)7-8-13(10)21-18-22(19,20)12-5-3-2-4-6-12/h2-9,18H,1H3. The van der Waals surface area contributed by atoms with E-state index < -0.39 is 21.8 Å². The normalized spacial score (nSPS) is 12.2. The van der Waals surface area contributed by atoms with E-state index in [-0.39, 0.29) is 16.2 Å². The van der Waals surface area contributed by atoms with Crippen molar-refractivity contribution in [1.29, 1.82) is 0 Å². The smallest absolute Gasteiger partial charge is 0.393 e. The molecular formula is C14H12F3NO3S. The zero-order valence-corrected chi connectivity index (χ0v) is 12.2. The van der Waals surface area contributed by atoms with Crippen molar-refractivity contribution in [3.05, 3.63) is 59.7 Å². The number of benzene rings is 2. The first-order chi connectivity index (χ1) is 10.2. The van der Waals surface area contributed by atoms with Crippen LogP contribution in [0.4, 0.5) is 13.2 Å². The topological polar surface area (TPSA) is 55.4 Å². The third-order valence-electron chi connectivity index (χ3n) is 2.82. The summed E-state index contributed by atoms with van der Waals surface area (Å²) >= 11 is 0. The lowest BCUT2D eigenvalue weighted by molar-refractivity contribution is -0.137. The fourth-order valence-electron chi connectivity index (χ4n) is 1.69. The van der Waals surface area contributed by atoms with Gasteiger partial charge in [-0.05, 0) is 47.7 Å². The van der Waals surface area contributed by atoms with Crippen molar-refractivity contribution in [3.63, 3.8) is 0 Å². The number of halogens is 3. The van der Waals surface area contributed by atoms with Gasteiger partial charge in [-0.2, -0.15) is 13.2 Å². The van der Waals surface area contributed by atoms with Crippen molar-refractivity contribution in [2.75, 3.05) is 0 Å². The largest absolute Gasteiger partial charge is 0.416 e. The van der Waals surface area contributed by atoms with E-state index in [1.165, 1.54) is 31.2 Å². The van der Waals surface area contributed by atoms with Crippen LogP contribution in [0.15, 0.2) is 53.4 Å². The van der Waals surface area contributed by atoms with Crippen molar-refractivity contribution in [3.8, 4) is 5.75 Å². The van der Waals surface area contributed by atoms with E-state index >= 15 is 0 Å². The lowest BCUT2D eigenvalue weighted by Crippen LogP contribution is -2.27. The second-order valence-corrected chi connectivity index (χ2v) is 6.12. The average Bonchev–Trinajstić information content (AvgIpc) is 2.46. The third kappa shape index (κ3) is 3.77. The zero-order valence-electron chi connectivity index (χ0n) is 11.4. The molecule has 118 valence electrons. The summed E-state index contributed by atoms with van der Waals surface area (Å²) in [5.74, 6) is -0.00694. The minimum atomic E-state index is -4.47. The highest BCUT2D eigenvalue weighted by molar-refractivity contribution is 7.89. The molecule has 0 unspecified atom stereocenters. The summed E-state index contributed by atoms with van der Waals surface area (Å²) in [7, 11) is -3.91. The van der Waals surface area contributed by atoms with Crippen LogP contribution in [0.3, 0.4) is 0 Å². The van der Waals surface area contributed by atoms with Gasteiger partial charge in [0.05, 0.1) is 10.5 Å². The first-order valence-electron chi connectivity index (χ1n) is 6.12. The molecule has 0 aliphatic heterocycles. The summed E-state index contributed by atoms with van der Waals surface area (Å²) in [5, 5.41) is 0. The maximum atomic E-state index is 12.5. The summed E-state index contributed by atoms with van der Waals surface area (Å²) in [6, 6.07) is 10.2. The molecule has 0 bridgehead atoms. The predicted octanol–water partition coefficient (Wildman–Crippen LogP) is 3.29. The maximum Gasteiger partial charge on any atom is 0.416 e. The summed E-state index contributed by atoms with van der Waals surface area (Å²) < 4.78 is 61.5. The van der Waals surface area contributed by atoms with Crippen LogP contribution in [-0.2, 0) is 16.2 Å². The third-order valence-corrected chi connectivity index (χ3v) is 4.01. The molecule has 2 aromatic carbocycles. The molecule has 0 heterocycles. The van der Waals surface area contributed by atoms with Crippen LogP contribution in [0.1, 0.15) is 11.1 Å². The quantitative estimate of drug-likeness (QED) is 0.875. The molecular weight excluding hydrogens is 319 g/mol. The van der Waals surface area contributed by atoms with Gasteiger partial charge in [0.2, 0.25) is 0 Å². The van der Waals surface area contributed by atoms with Crippen molar-refractivity contribution >= 4 is 10.0 Å². The van der Waals surface area contributed by atoms with Gasteiger partial charge in [0.15, 0.2) is 5.75 Å². The Hall–Kier alpha value is -2.06. The Morgan fingerprint density at radius 2 is 1.68 bits per heavy atom. The Balaban J connectivity index is 2.16. The van der Waals surface area contributed by atoms with Crippen molar-refractivity contribution in [1.82, 2.24) is 4.89 Å². The lowest BCUT2D eigenvalue weighted by Gasteiger charge is -2.12. The van der Waals surface area contributed by atoms with Crippen molar-refractivity contribution in [2.24, 2.45) is 0 Å². The average molecular weight is 331 g/mol. The Morgan fingerprint density at radius 1 is 1.05 bits per heavy atom. The Kier molecular flexibility index (Phi) is 4.43. The number of alkyl halides is 3. The van der Waals surface area contributed by atoms with Crippen LogP contribution >= 0.6 is 0 Å². The number of nitrogens with one attached hydrogen (secondary N) is 1. The molecule has 4 nitrogen and oxygen atoms in total. The second kappa shape index (κ2) is 5.98. The highest BCUT2D eigenvalue weighted by Gasteiger charge is 2.30. The molecule has 2 aromatic rings. The van der Waals surface area contributed by atoms with Gasteiger partial charge in [-0.15, -0.1) is 0 Å². The van der Waals surface area contributed by atoms with Gasteiger partial charge >= 0.3 is 6.18 Å². The minimum Gasteiger partial charge on any atom is -0.393 e. The van der Waals surface area contributed by atoms with Crippen LogP contribution in [-0.4, -0.2) is 8.42 Å². The highest BCUT2D eigenvalue weighted by Crippen LogP contribution is 2.32. The van der Waals surface area contributed by atoms with Crippen LogP contribution in [0.25, 0.3) is 0 Å². The Bertz CT molecular complexity index is 759. The molecule has 8 heteroatoms. The first kappa shape index (κ1) is 16.3. The monoisotopic (exact) mass is 331 g/mol. The van der Waals surface area contributed by atoms with E-state index in [9.17, 15) is 21.6 Å². The van der Waals surface area contributed by atoms with Crippen LogP contribution in [0.2, 0.25) is 0 Å². The number of hydrogen-bond acceptors (Lipinski definition) is 3. The fourth-order valence-corrected chi connectivity index (χ4v) is 2.50. The van der Waals surface area contributed by atoms with Crippen molar-refractivity contribution in [2.45, 2.75) is 18.0 Å². The Morgan fingerprint density at radius 3 is 2.23 bits per heavy atom. The van der Waals surface area contributed by atoms with E-state index in [1.807, 2.05) is 4.89 Å². The van der Waals surface area contributed by atoms with Crippen LogP contribution in [0, 0.1) is 6.92 Å². The molecule has 0 amide bonds. The lowest BCUT2D eigenvalue weighted by atomic mass is 10.1. The molecule has 0 aliphatic rings. The van der Waals surface area contributed by atoms with Gasteiger partial charge in [0.1, 0.15) is 0 Å². The SMILES string of the molecule is Cc1cc(C(F)(F)F)ccc1ONS(=O)(=O)c1ccccc1. The summed E-state index contributed by atoms with van der Waals surface area (Å²) in [5.41, 5.74) is -0.672. The number of hydrogen-bond donors (Lipinski definition) is 1. The molecule has 0 aromatic heterocycles. The zero-order chi connectivity index (χ0) is 16.4. The molecule has 0 saturated carbocycles. The summed E-state index contributed by atoms with van der Waals surface area (Å²) in [4.78, 5) is 6.79. The highest BCUT2D eigenvalue weighted by atomic mass is 32.2. The number of rotatable bonds is 4. The van der Waals surface area contributed by atoms with E-state index in [2.05, 4.69) is 0 Å². The molecule has 0 saturated heterocycles. The molecule has 0 spiro atoms. The maximum absolute atomic E-state index is 12.5. The molecule has 0 radical (unpaired) electrons. The Labute approximate surface area is 125 Å². The fraction of sp³-hybridized carbons (Fsp3) is 0.143. The van der Waals surface area contributed by atoms with E-state index in [4.69, 9.17) is 4.84 Å². The molecule has 22 heavy (non-hydrogen) atoms. The number of aryl methyl sites for hydroxylation is 1. The second-order valence-electron chi connectivity index (χ2n) is 4.48. The number of sulfonamides is 1. The van der Waals surface area contributed by atoms with Gasteiger partial charge in [-0.1, -0.05) is 18.2 Å². The van der Waals surface area contributed by atoms with Gasteiger partial charge < -0.3 is 4.84 Å². The first-order valence-corrected chi connectivity index (χ1v) is 7.60. The van der Waals surface area contributed by atoms with Crippen LogP contribution in [0.5, 0.6) is 5.75 Å². The predicted molar refractivity (Wildman–Crippen MR) is 73.6 cm³/mol. The van der Waals surface area contributed by atoms with Crippen molar-refractivity contribution < 1.29 is 26.4 Å². The van der Waals surface area contributed by atoms with E-state index in [0.717, 1.165) is 18.2 Å².